The molecule has 3 rings (SSSR count). The molecule has 31 heavy (non-hydrogen) atoms. The van der Waals surface area contributed by atoms with E-state index < -0.39 is 11.9 Å². The van der Waals surface area contributed by atoms with Gasteiger partial charge in [0.05, 0.1) is 26.7 Å². The van der Waals surface area contributed by atoms with E-state index >= 15 is 0 Å². The average molecular weight is 430 g/mol. The van der Waals surface area contributed by atoms with Crippen molar-refractivity contribution in [1.82, 2.24) is 19.9 Å². The lowest BCUT2D eigenvalue weighted by Crippen LogP contribution is -2.31. The van der Waals surface area contributed by atoms with Crippen molar-refractivity contribution in [2.75, 3.05) is 33.9 Å². The van der Waals surface area contributed by atoms with Crippen LogP contribution in [0.25, 0.3) is 0 Å². The molecule has 0 amide bonds. The Balaban J connectivity index is 1.56. The molecule has 1 saturated heterocycles. The third-order valence-corrected chi connectivity index (χ3v) is 5.07. The van der Waals surface area contributed by atoms with Crippen molar-refractivity contribution >= 4 is 11.9 Å². The zero-order chi connectivity index (χ0) is 22.2. The number of methoxy groups -OCH3 is 2. The SMILES string of the molecule is CC[C@@H]1CN(CC(=O)OCc2ccccc2)C[C@@H]1C(=O)Oc1nc(OC)nc(OC)n1. The molecule has 2 aromatic rings. The van der Waals surface area contributed by atoms with E-state index in [4.69, 9.17) is 18.9 Å². The van der Waals surface area contributed by atoms with E-state index in [0.29, 0.717) is 13.1 Å². The van der Waals surface area contributed by atoms with E-state index in [-0.39, 0.29) is 43.1 Å². The lowest BCUT2D eigenvalue weighted by Gasteiger charge is -2.15. The zero-order valence-electron chi connectivity index (χ0n) is 17.8. The third-order valence-electron chi connectivity index (χ3n) is 5.07. The van der Waals surface area contributed by atoms with Crippen LogP contribution in [0, 0.1) is 11.8 Å². The molecule has 0 spiro atoms. The van der Waals surface area contributed by atoms with Crippen LogP contribution >= 0.6 is 0 Å². The summed E-state index contributed by atoms with van der Waals surface area (Å²) in [5, 5.41) is 0. The van der Waals surface area contributed by atoms with Gasteiger partial charge in [0, 0.05) is 13.1 Å². The maximum atomic E-state index is 12.8. The van der Waals surface area contributed by atoms with Crippen molar-refractivity contribution in [3.63, 3.8) is 0 Å². The molecule has 0 N–H and O–H groups in total. The molecule has 0 bridgehead atoms. The summed E-state index contributed by atoms with van der Waals surface area (Å²) in [5.41, 5.74) is 0.924. The highest BCUT2D eigenvalue weighted by Crippen LogP contribution is 2.28. The van der Waals surface area contributed by atoms with E-state index in [1.807, 2.05) is 42.2 Å². The van der Waals surface area contributed by atoms with E-state index in [1.165, 1.54) is 14.2 Å². The maximum absolute atomic E-state index is 12.8. The smallest absolute Gasteiger partial charge is 0.333 e. The number of carbonyl (C=O) groups is 2. The van der Waals surface area contributed by atoms with Gasteiger partial charge in [-0.05, 0) is 11.5 Å². The molecule has 1 fully saturated rings. The first-order chi connectivity index (χ1) is 15.0. The van der Waals surface area contributed by atoms with E-state index in [2.05, 4.69) is 15.0 Å². The van der Waals surface area contributed by atoms with Crippen molar-refractivity contribution in [3.8, 4) is 18.0 Å². The zero-order valence-corrected chi connectivity index (χ0v) is 17.8. The van der Waals surface area contributed by atoms with Gasteiger partial charge in [-0.3, -0.25) is 14.5 Å². The van der Waals surface area contributed by atoms with Crippen LogP contribution in [0.5, 0.6) is 18.0 Å². The van der Waals surface area contributed by atoms with Gasteiger partial charge in [0.1, 0.15) is 6.61 Å². The number of hydrogen-bond donors (Lipinski definition) is 0. The van der Waals surface area contributed by atoms with Gasteiger partial charge in [-0.2, -0.15) is 0 Å². The van der Waals surface area contributed by atoms with Gasteiger partial charge in [-0.25, -0.2) is 0 Å². The maximum Gasteiger partial charge on any atom is 0.333 e. The normalized spacial score (nSPS) is 18.4. The minimum atomic E-state index is -0.470. The van der Waals surface area contributed by atoms with Crippen molar-refractivity contribution in [1.29, 1.82) is 0 Å². The molecule has 2 heterocycles. The predicted octanol–water partition coefficient (Wildman–Crippen LogP) is 1.50. The average Bonchev–Trinajstić information content (AvgIpc) is 3.21. The number of nitrogens with zero attached hydrogens (tertiary/aromatic N) is 4. The summed E-state index contributed by atoms with van der Waals surface area (Å²) in [6.45, 7) is 3.31. The van der Waals surface area contributed by atoms with Crippen LogP contribution in [0.2, 0.25) is 0 Å². The molecule has 10 nitrogen and oxygen atoms in total. The number of esters is 2. The Labute approximate surface area is 180 Å². The van der Waals surface area contributed by atoms with Gasteiger partial charge in [-0.1, -0.05) is 43.7 Å². The van der Waals surface area contributed by atoms with Crippen molar-refractivity contribution in [3.05, 3.63) is 35.9 Å². The summed E-state index contributed by atoms with van der Waals surface area (Å²) in [5.74, 6) is -1.18. The van der Waals surface area contributed by atoms with Gasteiger partial charge < -0.3 is 18.9 Å². The Morgan fingerprint density at radius 1 is 1.00 bits per heavy atom. The minimum absolute atomic E-state index is 0.0177. The topological polar surface area (TPSA) is 113 Å². The number of hydrogen-bond acceptors (Lipinski definition) is 10. The summed E-state index contributed by atoms with van der Waals surface area (Å²) >= 11 is 0. The Kier molecular flexibility index (Phi) is 7.71. The molecular formula is C21H26N4O6. The van der Waals surface area contributed by atoms with Crippen LogP contribution in [0.4, 0.5) is 0 Å². The highest BCUT2D eigenvalue weighted by Gasteiger charge is 2.39. The lowest BCUT2D eigenvalue weighted by atomic mass is 9.94. The quantitative estimate of drug-likeness (QED) is 0.542. The first-order valence-corrected chi connectivity index (χ1v) is 10.00. The molecule has 1 aliphatic heterocycles. The highest BCUT2D eigenvalue weighted by molar-refractivity contribution is 5.76. The van der Waals surface area contributed by atoms with Crippen LogP contribution in [0.1, 0.15) is 18.9 Å². The summed E-state index contributed by atoms with van der Waals surface area (Å²) in [6.07, 6.45) is 0.763. The molecule has 1 aromatic heterocycles. The molecule has 10 heteroatoms. The van der Waals surface area contributed by atoms with Crippen LogP contribution in [-0.4, -0.2) is 65.6 Å². The van der Waals surface area contributed by atoms with E-state index in [9.17, 15) is 9.59 Å². The molecule has 166 valence electrons. The summed E-state index contributed by atoms with van der Waals surface area (Å²) < 4.78 is 20.7. The Bertz CT molecular complexity index is 872. The Morgan fingerprint density at radius 2 is 1.65 bits per heavy atom. The summed E-state index contributed by atoms with van der Waals surface area (Å²) in [6, 6.07) is 9.26. The molecule has 1 aromatic carbocycles. The van der Waals surface area contributed by atoms with Crippen LogP contribution < -0.4 is 14.2 Å². The lowest BCUT2D eigenvalue weighted by molar-refractivity contribution is -0.146. The second-order valence-corrected chi connectivity index (χ2v) is 7.13. The van der Waals surface area contributed by atoms with Gasteiger partial charge in [0.25, 0.3) is 0 Å². The van der Waals surface area contributed by atoms with Crippen LogP contribution in [0.15, 0.2) is 30.3 Å². The number of benzene rings is 1. The molecule has 0 saturated carbocycles. The van der Waals surface area contributed by atoms with Crippen LogP contribution in [0.3, 0.4) is 0 Å². The Hall–Kier alpha value is -3.27. The highest BCUT2D eigenvalue weighted by atomic mass is 16.6. The first-order valence-electron chi connectivity index (χ1n) is 10.00. The van der Waals surface area contributed by atoms with Gasteiger partial charge in [0.2, 0.25) is 0 Å². The van der Waals surface area contributed by atoms with E-state index in [1.54, 1.807) is 0 Å². The molecule has 0 aliphatic carbocycles. The third kappa shape index (κ3) is 6.11. The van der Waals surface area contributed by atoms with Crippen molar-refractivity contribution in [2.24, 2.45) is 11.8 Å². The number of aromatic nitrogens is 3. The molecule has 1 aliphatic rings. The second-order valence-electron chi connectivity index (χ2n) is 7.13. The summed E-state index contributed by atoms with van der Waals surface area (Å²) in [7, 11) is 2.78. The van der Waals surface area contributed by atoms with Crippen molar-refractivity contribution < 1.29 is 28.5 Å². The first kappa shape index (κ1) is 22.4. The van der Waals surface area contributed by atoms with Gasteiger partial charge in [0.15, 0.2) is 0 Å². The fourth-order valence-corrected chi connectivity index (χ4v) is 3.45. The van der Waals surface area contributed by atoms with E-state index in [0.717, 1.165) is 12.0 Å². The number of rotatable bonds is 9. The molecular weight excluding hydrogens is 404 g/mol. The molecule has 2 atom stereocenters. The molecule has 0 unspecified atom stereocenters. The number of carbonyl (C=O) groups excluding carboxylic acids is 2. The Morgan fingerprint density at radius 3 is 2.26 bits per heavy atom. The second kappa shape index (κ2) is 10.7. The fraction of sp³-hybridized carbons (Fsp3) is 0.476. The largest absolute Gasteiger partial charge is 0.467 e. The fourth-order valence-electron chi connectivity index (χ4n) is 3.45. The minimum Gasteiger partial charge on any atom is -0.467 e. The number of likely N-dealkylation sites (tertiary alicyclic amines) is 1. The van der Waals surface area contributed by atoms with Crippen LogP contribution in [-0.2, 0) is 20.9 Å². The van der Waals surface area contributed by atoms with Gasteiger partial charge >= 0.3 is 30.0 Å². The summed E-state index contributed by atoms with van der Waals surface area (Å²) in [4.78, 5) is 38.7. The van der Waals surface area contributed by atoms with Gasteiger partial charge in [-0.15, -0.1) is 15.0 Å². The number of ether oxygens (including phenoxy) is 4. The monoisotopic (exact) mass is 430 g/mol. The predicted molar refractivity (Wildman–Crippen MR) is 109 cm³/mol. The standard InChI is InChI=1S/C21H26N4O6/c1-4-15-10-25(12-17(26)30-13-14-8-6-5-7-9-14)11-16(15)18(27)31-21-23-19(28-2)22-20(24-21)29-3/h5-9,15-16H,4,10-13H2,1-3H3/t15-,16+/m1/s1. The molecule has 0 radical (unpaired) electrons. The van der Waals surface area contributed by atoms with Crippen molar-refractivity contribution in [2.45, 2.75) is 20.0 Å².